The molecule has 0 radical (unpaired) electrons. The summed E-state index contributed by atoms with van der Waals surface area (Å²) >= 11 is 1.71. The van der Waals surface area contributed by atoms with E-state index in [4.69, 9.17) is 0 Å². The van der Waals surface area contributed by atoms with E-state index in [0.29, 0.717) is 5.92 Å². The van der Waals surface area contributed by atoms with Gasteiger partial charge in [-0.05, 0) is 43.2 Å². The number of carbonyl (C=O) groups is 1. The number of para-hydroxylation sites is 1. The standard InChI is InChI=1S/C17H21NO2S/c1-2-11-7-8-13(17(19)20)12(9-11)10-16-18-14-5-3-4-6-15(14)21-16/h3-6,11-13H,2,7-10H2,1H3,(H,19,20). The van der Waals surface area contributed by atoms with E-state index in [0.717, 1.165) is 42.6 Å². The molecule has 0 saturated heterocycles. The van der Waals surface area contributed by atoms with Gasteiger partial charge in [0.2, 0.25) is 0 Å². The molecule has 1 saturated carbocycles. The normalized spacial score (nSPS) is 26.0. The van der Waals surface area contributed by atoms with Crippen molar-refractivity contribution in [1.82, 2.24) is 4.98 Å². The van der Waals surface area contributed by atoms with Crippen molar-refractivity contribution in [1.29, 1.82) is 0 Å². The monoisotopic (exact) mass is 303 g/mol. The summed E-state index contributed by atoms with van der Waals surface area (Å²) in [5, 5.41) is 10.6. The molecule has 4 heteroatoms. The molecule has 2 aromatic rings. The molecule has 1 fully saturated rings. The van der Waals surface area contributed by atoms with Crippen LogP contribution in [0.1, 0.15) is 37.6 Å². The van der Waals surface area contributed by atoms with Crippen molar-refractivity contribution in [2.45, 2.75) is 39.0 Å². The Hall–Kier alpha value is -1.42. The van der Waals surface area contributed by atoms with Gasteiger partial charge in [-0.25, -0.2) is 4.98 Å². The van der Waals surface area contributed by atoms with Crippen molar-refractivity contribution < 1.29 is 9.90 Å². The van der Waals surface area contributed by atoms with Gasteiger partial charge in [0.15, 0.2) is 0 Å². The Morgan fingerprint density at radius 3 is 2.90 bits per heavy atom. The largest absolute Gasteiger partial charge is 0.481 e. The lowest BCUT2D eigenvalue weighted by Crippen LogP contribution is -2.31. The maximum atomic E-state index is 11.5. The fourth-order valence-electron chi connectivity index (χ4n) is 3.51. The number of hydrogen-bond acceptors (Lipinski definition) is 3. The molecule has 1 aliphatic rings. The van der Waals surface area contributed by atoms with Crippen LogP contribution in [0.15, 0.2) is 24.3 Å². The Morgan fingerprint density at radius 2 is 2.19 bits per heavy atom. The molecule has 1 aliphatic carbocycles. The summed E-state index contributed by atoms with van der Waals surface area (Å²) in [7, 11) is 0. The molecular formula is C17H21NO2S. The zero-order valence-corrected chi connectivity index (χ0v) is 13.1. The van der Waals surface area contributed by atoms with Crippen LogP contribution in [0.5, 0.6) is 0 Å². The first-order chi connectivity index (χ1) is 10.2. The summed E-state index contributed by atoms with van der Waals surface area (Å²) in [5.41, 5.74) is 1.03. The Morgan fingerprint density at radius 1 is 1.38 bits per heavy atom. The van der Waals surface area contributed by atoms with Gasteiger partial charge < -0.3 is 5.11 Å². The summed E-state index contributed by atoms with van der Waals surface area (Å²) in [5.74, 6) is 0.0946. The van der Waals surface area contributed by atoms with Crippen LogP contribution in [0.3, 0.4) is 0 Å². The Bertz CT molecular complexity index is 604. The molecular weight excluding hydrogens is 282 g/mol. The van der Waals surface area contributed by atoms with Gasteiger partial charge in [0, 0.05) is 6.42 Å². The molecule has 1 aromatic heterocycles. The van der Waals surface area contributed by atoms with E-state index in [1.54, 1.807) is 11.3 Å². The number of aliphatic carboxylic acids is 1. The Labute approximate surface area is 129 Å². The summed E-state index contributed by atoms with van der Waals surface area (Å²) in [6.45, 7) is 2.21. The minimum absolute atomic E-state index is 0.195. The maximum absolute atomic E-state index is 11.5. The lowest BCUT2D eigenvalue weighted by molar-refractivity contribution is -0.145. The van der Waals surface area contributed by atoms with E-state index < -0.39 is 5.97 Å². The number of thiazole rings is 1. The summed E-state index contributed by atoms with van der Waals surface area (Å²) < 4.78 is 1.20. The molecule has 3 atom stereocenters. The molecule has 3 rings (SSSR count). The smallest absolute Gasteiger partial charge is 0.306 e. The van der Waals surface area contributed by atoms with Crippen molar-refractivity contribution in [2.24, 2.45) is 17.8 Å². The van der Waals surface area contributed by atoms with Crippen LogP contribution < -0.4 is 0 Å². The van der Waals surface area contributed by atoms with Gasteiger partial charge in [-0.2, -0.15) is 0 Å². The Balaban J connectivity index is 1.80. The van der Waals surface area contributed by atoms with E-state index in [1.807, 2.05) is 18.2 Å². The zero-order valence-electron chi connectivity index (χ0n) is 12.3. The van der Waals surface area contributed by atoms with E-state index in [-0.39, 0.29) is 11.8 Å². The number of benzene rings is 1. The van der Waals surface area contributed by atoms with E-state index in [1.165, 1.54) is 4.70 Å². The van der Waals surface area contributed by atoms with Gasteiger partial charge in [0.1, 0.15) is 0 Å². The minimum Gasteiger partial charge on any atom is -0.481 e. The first-order valence-corrected chi connectivity index (χ1v) is 8.56. The van der Waals surface area contributed by atoms with Gasteiger partial charge in [-0.15, -0.1) is 11.3 Å². The number of fused-ring (bicyclic) bond motifs is 1. The fraction of sp³-hybridized carbons (Fsp3) is 0.529. The van der Waals surface area contributed by atoms with Crippen LogP contribution in [0.4, 0.5) is 0 Å². The highest BCUT2D eigenvalue weighted by Crippen LogP contribution is 2.38. The van der Waals surface area contributed by atoms with Crippen LogP contribution >= 0.6 is 11.3 Å². The number of carboxylic acids is 1. The molecule has 0 amide bonds. The summed E-state index contributed by atoms with van der Waals surface area (Å²) in [6.07, 6.45) is 4.88. The predicted octanol–water partition coefficient (Wildman–Crippen LogP) is 4.37. The first kappa shape index (κ1) is 14.5. The number of aromatic nitrogens is 1. The average molecular weight is 303 g/mol. The topological polar surface area (TPSA) is 50.2 Å². The lowest BCUT2D eigenvalue weighted by atomic mass is 9.72. The quantitative estimate of drug-likeness (QED) is 0.912. The second kappa shape index (κ2) is 6.14. The lowest BCUT2D eigenvalue weighted by Gasteiger charge is -2.33. The second-order valence-corrected chi connectivity index (χ2v) is 7.19. The van der Waals surface area contributed by atoms with Crippen molar-refractivity contribution in [3.8, 4) is 0 Å². The molecule has 0 aliphatic heterocycles. The third-order valence-electron chi connectivity index (χ3n) is 4.76. The van der Waals surface area contributed by atoms with Crippen LogP contribution in [0.2, 0.25) is 0 Å². The van der Waals surface area contributed by atoms with Crippen LogP contribution in [-0.2, 0) is 11.2 Å². The average Bonchev–Trinajstić information content (AvgIpc) is 2.89. The zero-order chi connectivity index (χ0) is 14.8. The highest BCUT2D eigenvalue weighted by Gasteiger charge is 2.34. The van der Waals surface area contributed by atoms with Gasteiger partial charge in [0.05, 0.1) is 21.1 Å². The van der Waals surface area contributed by atoms with Crippen molar-refractivity contribution in [2.75, 3.05) is 0 Å². The third kappa shape index (κ3) is 3.10. The molecule has 1 aromatic carbocycles. The molecule has 0 bridgehead atoms. The minimum atomic E-state index is -0.629. The molecule has 1 heterocycles. The Kier molecular flexibility index (Phi) is 4.24. The fourth-order valence-corrected chi connectivity index (χ4v) is 4.57. The molecule has 0 spiro atoms. The van der Waals surface area contributed by atoms with Gasteiger partial charge in [-0.1, -0.05) is 25.5 Å². The molecule has 1 N–H and O–H groups in total. The van der Waals surface area contributed by atoms with Crippen LogP contribution in [0.25, 0.3) is 10.2 Å². The van der Waals surface area contributed by atoms with E-state index in [9.17, 15) is 9.90 Å². The summed E-state index contributed by atoms with van der Waals surface area (Å²) in [6, 6.07) is 8.14. The number of rotatable bonds is 4. The van der Waals surface area contributed by atoms with Gasteiger partial charge >= 0.3 is 5.97 Å². The molecule has 112 valence electrons. The molecule has 3 nitrogen and oxygen atoms in total. The number of nitrogens with zero attached hydrogens (tertiary/aromatic N) is 1. The molecule has 21 heavy (non-hydrogen) atoms. The van der Waals surface area contributed by atoms with Crippen molar-refractivity contribution in [3.63, 3.8) is 0 Å². The predicted molar refractivity (Wildman–Crippen MR) is 85.6 cm³/mol. The second-order valence-electron chi connectivity index (χ2n) is 6.07. The van der Waals surface area contributed by atoms with Crippen LogP contribution in [-0.4, -0.2) is 16.1 Å². The van der Waals surface area contributed by atoms with Crippen molar-refractivity contribution in [3.05, 3.63) is 29.3 Å². The summed E-state index contributed by atoms with van der Waals surface area (Å²) in [4.78, 5) is 16.2. The van der Waals surface area contributed by atoms with Crippen molar-refractivity contribution >= 4 is 27.5 Å². The van der Waals surface area contributed by atoms with E-state index >= 15 is 0 Å². The van der Waals surface area contributed by atoms with Gasteiger partial charge in [0.25, 0.3) is 0 Å². The highest BCUT2D eigenvalue weighted by molar-refractivity contribution is 7.18. The maximum Gasteiger partial charge on any atom is 0.306 e. The SMILES string of the molecule is CCC1CCC(C(=O)O)C(Cc2nc3ccccc3s2)C1. The number of hydrogen-bond donors (Lipinski definition) is 1. The third-order valence-corrected chi connectivity index (χ3v) is 5.82. The first-order valence-electron chi connectivity index (χ1n) is 7.74. The van der Waals surface area contributed by atoms with Crippen LogP contribution in [0, 0.1) is 17.8 Å². The number of carboxylic acid groups (broad SMARTS) is 1. The highest BCUT2D eigenvalue weighted by atomic mass is 32.1. The van der Waals surface area contributed by atoms with E-state index in [2.05, 4.69) is 18.0 Å². The van der Waals surface area contributed by atoms with Gasteiger partial charge in [-0.3, -0.25) is 4.79 Å². The molecule has 3 unspecified atom stereocenters.